The van der Waals surface area contributed by atoms with E-state index in [1.807, 2.05) is 6.20 Å². The first kappa shape index (κ1) is 14.5. The van der Waals surface area contributed by atoms with E-state index in [0.29, 0.717) is 6.04 Å². The average molecular weight is 300 g/mol. The summed E-state index contributed by atoms with van der Waals surface area (Å²) < 4.78 is 1.03. The SMILES string of the molecule is CCNCc1cc(Br)cnc1N(C)C(C)CC. The summed E-state index contributed by atoms with van der Waals surface area (Å²) in [6.07, 6.45) is 2.98. The summed E-state index contributed by atoms with van der Waals surface area (Å²) >= 11 is 3.48. The number of nitrogens with zero attached hydrogens (tertiary/aromatic N) is 2. The van der Waals surface area contributed by atoms with Crippen LogP contribution in [-0.4, -0.2) is 24.6 Å². The number of hydrogen-bond acceptors (Lipinski definition) is 3. The van der Waals surface area contributed by atoms with E-state index in [1.165, 1.54) is 5.56 Å². The Morgan fingerprint density at radius 3 is 2.76 bits per heavy atom. The number of anilines is 1. The summed E-state index contributed by atoms with van der Waals surface area (Å²) in [4.78, 5) is 6.79. The minimum atomic E-state index is 0.504. The molecule has 0 aliphatic heterocycles. The molecule has 0 saturated carbocycles. The van der Waals surface area contributed by atoms with Crippen molar-refractivity contribution in [2.45, 2.75) is 39.8 Å². The Balaban J connectivity index is 2.96. The van der Waals surface area contributed by atoms with E-state index in [0.717, 1.165) is 29.8 Å². The monoisotopic (exact) mass is 299 g/mol. The minimum absolute atomic E-state index is 0.504. The third kappa shape index (κ3) is 3.96. The maximum absolute atomic E-state index is 4.54. The Kier molecular flexibility index (Phi) is 5.92. The van der Waals surface area contributed by atoms with Crippen LogP contribution in [0.15, 0.2) is 16.7 Å². The normalized spacial score (nSPS) is 12.5. The second kappa shape index (κ2) is 6.97. The Morgan fingerprint density at radius 1 is 1.47 bits per heavy atom. The molecular weight excluding hydrogens is 278 g/mol. The van der Waals surface area contributed by atoms with Crippen molar-refractivity contribution in [2.75, 3.05) is 18.5 Å². The van der Waals surface area contributed by atoms with Gasteiger partial charge in [-0.3, -0.25) is 0 Å². The minimum Gasteiger partial charge on any atom is -0.357 e. The summed E-state index contributed by atoms with van der Waals surface area (Å²) in [5.74, 6) is 1.07. The van der Waals surface area contributed by atoms with Gasteiger partial charge in [0, 0.05) is 35.9 Å². The zero-order valence-electron chi connectivity index (χ0n) is 11.1. The van der Waals surface area contributed by atoms with E-state index in [1.54, 1.807) is 0 Å². The molecule has 0 aliphatic rings. The van der Waals surface area contributed by atoms with Crippen LogP contribution < -0.4 is 10.2 Å². The lowest BCUT2D eigenvalue weighted by atomic mass is 10.2. The van der Waals surface area contributed by atoms with Crippen molar-refractivity contribution in [3.05, 3.63) is 22.3 Å². The summed E-state index contributed by atoms with van der Waals surface area (Å²) in [6.45, 7) is 8.37. The summed E-state index contributed by atoms with van der Waals surface area (Å²) in [5.41, 5.74) is 1.24. The fourth-order valence-electron chi connectivity index (χ4n) is 1.66. The second-order valence-corrected chi connectivity index (χ2v) is 5.20. The van der Waals surface area contributed by atoms with Crippen LogP contribution in [-0.2, 0) is 6.54 Å². The molecule has 96 valence electrons. The quantitative estimate of drug-likeness (QED) is 0.874. The van der Waals surface area contributed by atoms with Crippen LogP contribution in [0.4, 0.5) is 5.82 Å². The van der Waals surface area contributed by atoms with Crippen LogP contribution in [0.1, 0.15) is 32.8 Å². The first-order valence-corrected chi connectivity index (χ1v) is 6.97. The molecule has 1 heterocycles. The Hall–Kier alpha value is -0.610. The van der Waals surface area contributed by atoms with Crippen molar-refractivity contribution in [1.29, 1.82) is 0 Å². The van der Waals surface area contributed by atoms with Gasteiger partial charge in [0.2, 0.25) is 0 Å². The molecular formula is C13H22BrN3. The molecule has 0 bridgehead atoms. The highest BCUT2D eigenvalue weighted by Crippen LogP contribution is 2.22. The molecule has 0 fully saturated rings. The molecule has 0 radical (unpaired) electrons. The highest BCUT2D eigenvalue weighted by atomic mass is 79.9. The van der Waals surface area contributed by atoms with Crippen LogP contribution in [0.5, 0.6) is 0 Å². The summed E-state index contributed by atoms with van der Waals surface area (Å²) in [5, 5.41) is 3.36. The van der Waals surface area contributed by atoms with E-state index in [4.69, 9.17) is 0 Å². The molecule has 3 nitrogen and oxygen atoms in total. The number of nitrogens with one attached hydrogen (secondary N) is 1. The molecule has 0 amide bonds. The standard InChI is InChI=1S/C13H22BrN3/c1-5-10(3)17(4)13-11(8-15-6-2)7-12(14)9-16-13/h7,9-10,15H,5-6,8H2,1-4H3. The fraction of sp³-hybridized carbons (Fsp3) is 0.615. The van der Waals surface area contributed by atoms with Gasteiger partial charge in [-0.05, 0) is 41.9 Å². The van der Waals surface area contributed by atoms with Crippen LogP contribution in [0.3, 0.4) is 0 Å². The van der Waals surface area contributed by atoms with E-state index < -0.39 is 0 Å². The van der Waals surface area contributed by atoms with Gasteiger partial charge in [0.1, 0.15) is 5.82 Å². The van der Waals surface area contributed by atoms with Gasteiger partial charge in [0.15, 0.2) is 0 Å². The molecule has 1 aromatic rings. The summed E-state index contributed by atoms with van der Waals surface area (Å²) in [7, 11) is 2.11. The Labute approximate surface area is 113 Å². The fourth-order valence-corrected chi connectivity index (χ4v) is 2.04. The highest BCUT2D eigenvalue weighted by Gasteiger charge is 2.13. The molecule has 0 saturated heterocycles. The van der Waals surface area contributed by atoms with Gasteiger partial charge in [-0.25, -0.2) is 4.98 Å². The van der Waals surface area contributed by atoms with Gasteiger partial charge in [0.05, 0.1) is 0 Å². The van der Waals surface area contributed by atoms with E-state index in [9.17, 15) is 0 Å². The van der Waals surface area contributed by atoms with Crippen molar-refractivity contribution >= 4 is 21.7 Å². The van der Waals surface area contributed by atoms with Crippen molar-refractivity contribution in [1.82, 2.24) is 10.3 Å². The van der Waals surface area contributed by atoms with Crippen molar-refractivity contribution in [3.8, 4) is 0 Å². The predicted octanol–water partition coefficient (Wildman–Crippen LogP) is 3.19. The molecule has 1 rings (SSSR count). The van der Waals surface area contributed by atoms with Crippen molar-refractivity contribution in [2.24, 2.45) is 0 Å². The number of hydrogen-bond donors (Lipinski definition) is 1. The average Bonchev–Trinajstić information content (AvgIpc) is 2.34. The van der Waals surface area contributed by atoms with Crippen LogP contribution in [0, 0.1) is 0 Å². The molecule has 0 aliphatic carbocycles. The van der Waals surface area contributed by atoms with Crippen LogP contribution in [0.25, 0.3) is 0 Å². The van der Waals surface area contributed by atoms with Gasteiger partial charge in [0.25, 0.3) is 0 Å². The predicted molar refractivity (Wildman–Crippen MR) is 77.5 cm³/mol. The smallest absolute Gasteiger partial charge is 0.133 e. The van der Waals surface area contributed by atoms with E-state index in [2.05, 4.69) is 65.0 Å². The van der Waals surface area contributed by atoms with E-state index in [-0.39, 0.29) is 0 Å². The first-order chi connectivity index (χ1) is 8.10. The van der Waals surface area contributed by atoms with Gasteiger partial charge in [-0.15, -0.1) is 0 Å². The number of aromatic nitrogens is 1. The largest absolute Gasteiger partial charge is 0.357 e. The van der Waals surface area contributed by atoms with Gasteiger partial charge < -0.3 is 10.2 Å². The molecule has 1 aromatic heterocycles. The molecule has 0 spiro atoms. The Morgan fingerprint density at radius 2 is 2.18 bits per heavy atom. The lowest BCUT2D eigenvalue weighted by Crippen LogP contribution is -2.30. The van der Waals surface area contributed by atoms with Crippen LogP contribution >= 0.6 is 15.9 Å². The van der Waals surface area contributed by atoms with Crippen molar-refractivity contribution in [3.63, 3.8) is 0 Å². The van der Waals surface area contributed by atoms with Gasteiger partial charge >= 0.3 is 0 Å². The Bertz CT molecular complexity index is 355. The highest BCUT2D eigenvalue weighted by molar-refractivity contribution is 9.10. The van der Waals surface area contributed by atoms with Gasteiger partial charge in [-0.1, -0.05) is 13.8 Å². The zero-order chi connectivity index (χ0) is 12.8. The van der Waals surface area contributed by atoms with Crippen molar-refractivity contribution < 1.29 is 0 Å². The lowest BCUT2D eigenvalue weighted by Gasteiger charge is -2.27. The molecule has 17 heavy (non-hydrogen) atoms. The second-order valence-electron chi connectivity index (χ2n) is 4.28. The number of halogens is 1. The maximum atomic E-state index is 4.54. The maximum Gasteiger partial charge on any atom is 0.133 e. The lowest BCUT2D eigenvalue weighted by molar-refractivity contribution is 0.647. The van der Waals surface area contributed by atoms with Gasteiger partial charge in [-0.2, -0.15) is 0 Å². The zero-order valence-corrected chi connectivity index (χ0v) is 12.7. The molecule has 4 heteroatoms. The molecule has 1 atom stereocenters. The number of rotatable bonds is 6. The molecule has 1 unspecified atom stereocenters. The summed E-state index contributed by atoms with van der Waals surface area (Å²) in [6, 6.07) is 2.65. The first-order valence-electron chi connectivity index (χ1n) is 6.18. The third-order valence-electron chi connectivity index (χ3n) is 3.06. The van der Waals surface area contributed by atoms with Crippen LogP contribution in [0.2, 0.25) is 0 Å². The van der Waals surface area contributed by atoms with E-state index >= 15 is 0 Å². The third-order valence-corrected chi connectivity index (χ3v) is 3.49. The molecule has 1 N–H and O–H groups in total. The molecule has 0 aromatic carbocycles. The number of pyridine rings is 1. The topological polar surface area (TPSA) is 28.2 Å².